The van der Waals surface area contributed by atoms with Gasteiger partial charge in [-0.25, -0.2) is 4.67 Å². The van der Waals surface area contributed by atoms with Crippen molar-refractivity contribution in [2.45, 2.75) is 20.0 Å². The Morgan fingerprint density at radius 2 is 1.65 bits per heavy atom. The van der Waals surface area contributed by atoms with Crippen LogP contribution in [0.25, 0.3) is 0 Å². The van der Waals surface area contributed by atoms with E-state index in [-0.39, 0.29) is 0 Å². The minimum absolute atomic E-state index is 0.357. The van der Waals surface area contributed by atoms with Crippen molar-refractivity contribution in [3.05, 3.63) is 65.7 Å². The summed E-state index contributed by atoms with van der Waals surface area (Å²) in [7, 11) is -3.05. The molecule has 0 heterocycles. The molecular formula is C18H21N2O2P. The van der Waals surface area contributed by atoms with Crippen molar-refractivity contribution in [3.8, 4) is 11.8 Å². The van der Waals surface area contributed by atoms with E-state index >= 15 is 0 Å². The predicted octanol–water partition coefficient (Wildman–Crippen LogP) is 4.67. The fourth-order valence-corrected chi connectivity index (χ4v) is 4.78. The van der Waals surface area contributed by atoms with Crippen molar-refractivity contribution in [2.75, 3.05) is 13.1 Å². The van der Waals surface area contributed by atoms with Crippen LogP contribution in [0, 0.1) is 11.3 Å². The number of rotatable bonds is 7. The number of nitriles is 1. The Labute approximate surface area is 137 Å². The zero-order chi connectivity index (χ0) is 16.7. The minimum atomic E-state index is -3.05. The summed E-state index contributed by atoms with van der Waals surface area (Å²) in [4.78, 5) is 0. The molecule has 0 saturated carbocycles. The van der Waals surface area contributed by atoms with Gasteiger partial charge in [0.05, 0.1) is 17.8 Å². The molecular weight excluding hydrogens is 307 g/mol. The van der Waals surface area contributed by atoms with Crippen LogP contribution in [-0.2, 0) is 10.7 Å². The summed E-state index contributed by atoms with van der Waals surface area (Å²) in [6, 6.07) is 18.5. The quantitative estimate of drug-likeness (QED) is 0.693. The molecule has 2 rings (SSSR count). The lowest BCUT2D eigenvalue weighted by molar-refractivity contribution is 0.369. The van der Waals surface area contributed by atoms with Gasteiger partial charge in [-0.2, -0.15) is 5.26 Å². The monoisotopic (exact) mass is 328 g/mol. The third-order valence-electron chi connectivity index (χ3n) is 3.62. The maximum atomic E-state index is 13.5. The summed E-state index contributed by atoms with van der Waals surface area (Å²) in [5.74, 6) is 0.523. The Hall–Kier alpha value is -2.08. The Bertz CT molecular complexity index is 704. The molecule has 1 unspecified atom stereocenters. The molecule has 23 heavy (non-hydrogen) atoms. The van der Waals surface area contributed by atoms with Crippen molar-refractivity contribution in [1.29, 1.82) is 5.26 Å². The van der Waals surface area contributed by atoms with Gasteiger partial charge in [-0.05, 0) is 29.8 Å². The molecule has 1 atom stereocenters. The number of hydrogen-bond acceptors (Lipinski definition) is 3. The lowest BCUT2D eigenvalue weighted by Gasteiger charge is -2.29. The van der Waals surface area contributed by atoms with Crippen molar-refractivity contribution < 1.29 is 9.09 Å². The summed E-state index contributed by atoms with van der Waals surface area (Å²) in [5, 5.41) is 8.87. The van der Waals surface area contributed by atoms with E-state index in [0.717, 1.165) is 5.56 Å². The van der Waals surface area contributed by atoms with E-state index in [9.17, 15) is 4.57 Å². The predicted molar refractivity (Wildman–Crippen MR) is 92.5 cm³/mol. The molecule has 0 saturated heterocycles. The largest absolute Gasteiger partial charge is 0.432 e. The van der Waals surface area contributed by atoms with E-state index in [1.54, 1.807) is 24.3 Å². The zero-order valence-electron chi connectivity index (χ0n) is 13.5. The molecule has 120 valence electrons. The lowest BCUT2D eigenvalue weighted by atomic mass is 10.2. The second-order valence-corrected chi connectivity index (χ2v) is 7.49. The Morgan fingerprint density at radius 3 is 2.17 bits per heavy atom. The molecule has 0 N–H and O–H groups in total. The van der Waals surface area contributed by atoms with Gasteiger partial charge in [-0.3, -0.25) is 4.57 Å². The van der Waals surface area contributed by atoms with Gasteiger partial charge >= 0.3 is 7.52 Å². The van der Waals surface area contributed by atoms with Gasteiger partial charge in [0.2, 0.25) is 0 Å². The Morgan fingerprint density at radius 1 is 1.04 bits per heavy atom. The normalized spacial score (nSPS) is 13.3. The first-order valence-corrected chi connectivity index (χ1v) is 9.45. The van der Waals surface area contributed by atoms with Gasteiger partial charge in [-0.15, -0.1) is 0 Å². The van der Waals surface area contributed by atoms with E-state index in [1.807, 2.05) is 48.8 Å². The molecule has 0 aliphatic heterocycles. The molecule has 0 radical (unpaired) electrons. The number of nitrogens with zero attached hydrogens (tertiary/aromatic N) is 2. The molecule has 0 aromatic heterocycles. The van der Waals surface area contributed by atoms with E-state index in [0.29, 0.717) is 30.6 Å². The van der Waals surface area contributed by atoms with Gasteiger partial charge in [0, 0.05) is 13.1 Å². The molecule has 0 fully saturated rings. The molecule has 0 aliphatic carbocycles. The lowest BCUT2D eigenvalue weighted by Crippen LogP contribution is -2.23. The van der Waals surface area contributed by atoms with Crippen LogP contribution in [0.4, 0.5) is 0 Å². The summed E-state index contributed by atoms with van der Waals surface area (Å²) in [6.45, 7) is 5.25. The summed E-state index contributed by atoms with van der Waals surface area (Å²) in [6.07, 6.45) is 0.357. The molecule has 2 aromatic carbocycles. The third kappa shape index (κ3) is 4.45. The SMILES string of the molecule is CCN(CC)P(=O)(Cc1ccccc1)Oc1ccc(C#N)cc1. The molecule has 5 heteroatoms. The van der Waals surface area contributed by atoms with Crippen LogP contribution in [0.3, 0.4) is 0 Å². The van der Waals surface area contributed by atoms with Crippen molar-refractivity contribution in [2.24, 2.45) is 0 Å². The summed E-state index contributed by atoms with van der Waals surface area (Å²) < 4.78 is 21.3. The molecule has 0 bridgehead atoms. The van der Waals surface area contributed by atoms with Gasteiger partial charge in [0.1, 0.15) is 5.75 Å². The average Bonchev–Trinajstić information content (AvgIpc) is 2.57. The van der Waals surface area contributed by atoms with Crippen LogP contribution in [0.15, 0.2) is 54.6 Å². The van der Waals surface area contributed by atoms with E-state index in [1.165, 1.54) is 0 Å². The summed E-state index contributed by atoms with van der Waals surface area (Å²) >= 11 is 0. The Kier molecular flexibility index (Phi) is 5.98. The zero-order valence-corrected chi connectivity index (χ0v) is 14.4. The molecule has 2 aromatic rings. The van der Waals surface area contributed by atoms with E-state index in [2.05, 4.69) is 6.07 Å². The highest BCUT2D eigenvalue weighted by molar-refractivity contribution is 7.56. The van der Waals surface area contributed by atoms with Crippen LogP contribution in [0.1, 0.15) is 25.0 Å². The Balaban J connectivity index is 2.29. The average molecular weight is 328 g/mol. The molecule has 4 nitrogen and oxygen atoms in total. The molecule has 0 aliphatic rings. The highest BCUT2D eigenvalue weighted by Gasteiger charge is 2.31. The van der Waals surface area contributed by atoms with Gasteiger partial charge < -0.3 is 4.52 Å². The van der Waals surface area contributed by atoms with E-state index < -0.39 is 7.52 Å². The maximum absolute atomic E-state index is 13.5. The second kappa shape index (κ2) is 7.97. The van der Waals surface area contributed by atoms with Crippen LogP contribution in [0.2, 0.25) is 0 Å². The first-order chi connectivity index (χ1) is 11.1. The van der Waals surface area contributed by atoms with Crippen LogP contribution in [-0.4, -0.2) is 17.8 Å². The van der Waals surface area contributed by atoms with Gasteiger partial charge in [-0.1, -0.05) is 44.2 Å². The fourth-order valence-electron chi connectivity index (χ4n) is 2.41. The third-order valence-corrected chi connectivity index (χ3v) is 6.31. The van der Waals surface area contributed by atoms with Gasteiger partial charge in [0.25, 0.3) is 0 Å². The van der Waals surface area contributed by atoms with Crippen molar-refractivity contribution in [3.63, 3.8) is 0 Å². The number of hydrogen-bond donors (Lipinski definition) is 0. The van der Waals surface area contributed by atoms with Crippen molar-refractivity contribution in [1.82, 2.24) is 4.67 Å². The smallest absolute Gasteiger partial charge is 0.323 e. The van der Waals surface area contributed by atoms with Crippen molar-refractivity contribution >= 4 is 7.52 Å². The molecule has 0 spiro atoms. The first kappa shape index (κ1) is 17.3. The van der Waals surface area contributed by atoms with Gasteiger partial charge in [0.15, 0.2) is 0 Å². The highest BCUT2D eigenvalue weighted by Crippen LogP contribution is 2.53. The van der Waals surface area contributed by atoms with Crippen LogP contribution in [0.5, 0.6) is 5.75 Å². The first-order valence-electron chi connectivity index (χ1n) is 7.69. The minimum Gasteiger partial charge on any atom is -0.432 e. The van der Waals surface area contributed by atoms with Crippen LogP contribution < -0.4 is 4.52 Å². The second-order valence-electron chi connectivity index (χ2n) is 5.15. The standard InChI is InChI=1S/C18H21N2O2P/c1-3-20(4-2)23(21,15-17-8-6-5-7-9-17)22-18-12-10-16(14-19)11-13-18/h5-13H,3-4,15H2,1-2H3. The molecule has 0 amide bonds. The van der Waals surface area contributed by atoms with Crippen LogP contribution >= 0.6 is 7.52 Å². The summed E-state index contributed by atoms with van der Waals surface area (Å²) in [5.41, 5.74) is 1.54. The topological polar surface area (TPSA) is 53.3 Å². The maximum Gasteiger partial charge on any atom is 0.323 e. The number of benzene rings is 2. The fraction of sp³-hybridized carbons (Fsp3) is 0.278. The highest BCUT2D eigenvalue weighted by atomic mass is 31.2. The van der Waals surface area contributed by atoms with E-state index in [4.69, 9.17) is 9.79 Å².